The van der Waals surface area contributed by atoms with Crippen LogP contribution in [0.5, 0.6) is 0 Å². The lowest BCUT2D eigenvalue weighted by atomic mass is 10.0. The molecule has 1 unspecified atom stereocenters. The van der Waals surface area contributed by atoms with E-state index in [0.717, 1.165) is 38.3 Å². The molecule has 1 atom stereocenters. The molecule has 0 amide bonds. The van der Waals surface area contributed by atoms with E-state index in [1.807, 2.05) is 12.1 Å². The topological polar surface area (TPSA) is 71.1 Å². The number of amidine groups is 1. The summed E-state index contributed by atoms with van der Waals surface area (Å²) < 4.78 is 5.51. The van der Waals surface area contributed by atoms with Gasteiger partial charge in [0, 0.05) is 30.3 Å². The maximum atomic E-state index is 8.68. The Balaban J connectivity index is 1.95. The van der Waals surface area contributed by atoms with Crippen molar-refractivity contribution < 1.29 is 9.94 Å². The Morgan fingerprint density at radius 3 is 3.00 bits per heavy atom. The lowest BCUT2D eigenvalue weighted by Crippen LogP contribution is -2.30. The van der Waals surface area contributed by atoms with Crippen molar-refractivity contribution in [3.63, 3.8) is 0 Å². The third-order valence-electron chi connectivity index (χ3n) is 3.72. The molecule has 2 rings (SSSR count). The first kappa shape index (κ1) is 16.1. The summed E-state index contributed by atoms with van der Waals surface area (Å²) in [6, 6.07) is 5.46. The number of rotatable bonds is 5. The molecule has 0 saturated carbocycles. The normalized spacial score (nSPS) is 20.0. The monoisotopic (exact) mass is 311 g/mol. The molecule has 1 aliphatic heterocycles. The molecule has 1 saturated heterocycles. The predicted octanol–water partition coefficient (Wildman–Crippen LogP) is 2.29. The number of halogens is 1. The Labute approximate surface area is 130 Å². The van der Waals surface area contributed by atoms with Crippen LogP contribution in [-0.2, 0) is 11.3 Å². The fraction of sp³-hybridized carbons (Fsp3) is 0.533. The van der Waals surface area contributed by atoms with Crippen molar-refractivity contribution in [1.82, 2.24) is 4.90 Å². The molecule has 0 aromatic heterocycles. The molecule has 0 bridgehead atoms. The quantitative estimate of drug-likeness (QED) is 0.379. The van der Waals surface area contributed by atoms with E-state index in [2.05, 4.69) is 17.1 Å². The van der Waals surface area contributed by atoms with Crippen LogP contribution in [0.15, 0.2) is 23.4 Å². The summed E-state index contributed by atoms with van der Waals surface area (Å²) in [4.78, 5) is 2.25. The number of hydrogen-bond acceptors (Lipinski definition) is 4. The number of oxime groups is 1. The van der Waals surface area contributed by atoms with Gasteiger partial charge in [-0.3, -0.25) is 0 Å². The van der Waals surface area contributed by atoms with E-state index in [0.29, 0.717) is 16.5 Å². The van der Waals surface area contributed by atoms with Gasteiger partial charge in [-0.2, -0.15) is 0 Å². The molecule has 0 spiro atoms. The molecule has 6 heteroatoms. The van der Waals surface area contributed by atoms with E-state index in [-0.39, 0.29) is 5.84 Å². The van der Waals surface area contributed by atoms with E-state index in [4.69, 9.17) is 27.3 Å². The molecule has 0 radical (unpaired) electrons. The smallest absolute Gasteiger partial charge is 0.170 e. The van der Waals surface area contributed by atoms with Crippen LogP contribution in [0.1, 0.15) is 24.0 Å². The molecule has 3 N–H and O–H groups in total. The number of nitrogens with zero attached hydrogens (tertiary/aromatic N) is 2. The average molecular weight is 312 g/mol. The maximum absolute atomic E-state index is 8.68. The Kier molecular flexibility index (Phi) is 5.85. The van der Waals surface area contributed by atoms with Crippen molar-refractivity contribution in [1.29, 1.82) is 0 Å². The second-order valence-electron chi connectivity index (χ2n) is 5.57. The van der Waals surface area contributed by atoms with Gasteiger partial charge in [0.2, 0.25) is 0 Å². The average Bonchev–Trinajstić information content (AvgIpc) is 2.49. The summed E-state index contributed by atoms with van der Waals surface area (Å²) in [5.41, 5.74) is 7.21. The van der Waals surface area contributed by atoms with Gasteiger partial charge in [-0.25, -0.2) is 0 Å². The highest BCUT2D eigenvalue weighted by Crippen LogP contribution is 2.21. The summed E-state index contributed by atoms with van der Waals surface area (Å²) in [5.74, 6) is 0.662. The molecular formula is C15H22ClN3O2. The van der Waals surface area contributed by atoms with Crippen LogP contribution in [0.25, 0.3) is 0 Å². The van der Waals surface area contributed by atoms with Gasteiger partial charge in [-0.05, 0) is 37.4 Å². The van der Waals surface area contributed by atoms with Gasteiger partial charge in [0.15, 0.2) is 5.84 Å². The molecule has 116 valence electrons. The van der Waals surface area contributed by atoms with E-state index in [1.54, 1.807) is 6.07 Å². The zero-order valence-corrected chi connectivity index (χ0v) is 13.0. The van der Waals surface area contributed by atoms with E-state index in [9.17, 15) is 0 Å². The zero-order chi connectivity index (χ0) is 15.2. The number of benzene rings is 1. The van der Waals surface area contributed by atoms with Gasteiger partial charge in [0.1, 0.15) is 0 Å². The summed E-state index contributed by atoms with van der Waals surface area (Å²) in [6.45, 7) is 3.51. The highest BCUT2D eigenvalue weighted by Gasteiger charge is 2.16. The van der Waals surface area contributed by atoms with Crippen LogP contribution < -0.4 is 5.73 Å². The van der Waals surface area contributed by atoms with E-state index < -0.39 is 0 Å². The van der Waals surface area contributed by atoms with Crippen molar-refractivity contribution in [3.8, 4) is 0 Å². The largest absolute Gasteiger partial charge is 0.409 e. The Morgan fingerprint density at radius 1 is 1.57 bits per heavy atom. The van der Waals surface area contributed by atoms with Gasteiger partial charge in [0.05, 0.1) is 6.61 Å². The summed E-state index contributed by atoms with van der Waals surface area (Å²) in [5, 5.41) is 12.3. The minimum Gasteiger partial charge on any atom is -0.409 e. The second kappa shape index (κ2) is 7.64. The van der Waals surface area contributed by atoms with E-state index >= 15 is 0 Å². The maximum Gasteiger partial charge on any atom is 0.170 e. The molecule has 5 nitrogen and oxygen atoms in total. The zero-order valence-electron chi connectivity index (χ0n) is 12.3. The lowest BCUT2D eigenvalue weighted by Gasteiger charge is -2.27. The molecular weight excluding hydrogens is 290 g/mol. The first-order valence-electron chi connectivity index (χ1n) is 7.12. The first-order chi connectivity index (χ1) is 10.1. The summed E-state index contributed by atoms with van der Waals surface area (Å²) in [6.07, 6.45) is 2.37. The van der Waals surface area contributed by atoms with Gasteiger partial charge in [-0.1, -0.05) is 28.9 Å². The minimum atomic E-state index is 0.0659. The van der Waals surface area contributed by atoms with Crippen LogP contribution in [0, 0.1) is 5.92 Å². The third kappa shape index (κ3) is 4.59. The van der Waals surface area contributed by atoms with E-state index in [1.165, 1.54) is 6.42 Å². The predicted molar refractivity (Wildman–Crippen MR) is 83.8 cm³/mol. The highest BCUT2D eigenvalue weighted by atomic mass is 35.5. The molecule has 1 heterocycles. The standard InChI is InChI=1S/C15H22ClN3O2/c1-19(8-11-3-2-6-21-10-11)9-13-5-4-12(7-14(13)16)15(17)18-20/h4-5,7,11,20H,2-3,6,8-10H2,1H3,(H2,17,18). The van der Waals surface area contributed by atoms with Crippen molar-refractivity contribution in [3.05, 3.63) is 34.3 Å². The molecule has 1 aromatic rings. The highest BCUT2D eigenvalue weighted by molar-refractivity contribution is 6.31. The fourth-order valence-corrected chi connectivity index (χ4v) is 2.88. The van der Waals surface area contributed by atoms with Crippen molar-refractivity contribution in [2.24, 2.45) is 16.8 Å². The van der Waals surface area contributed by atoms with Crippen LogP contribution in [0.2, 0.25) is 5.02 Å². The van der Waals surface area contributed by atoms with Crippen molar-refractivity contribution >= 4 is 17.4 Å². The van der Waals surface area contributed by atoms with Gasteiger partial charge >= 0.3 is 0 Å². The number of nitrogens with two attached hydrogens (primary N) is 1. The molecule has 21 heavy (non-hydrogen) atoms. The number of ether oxygens (including phenoxy) is 1. The fourth-order valence-electron chi connectivity index (χ4n) is 2.64. The Hall–Kier alpha value is -1.30. The second-order valence-corrected chi connectivity index (χ2v) is 5.98. The Morgan fingerprint density at radius 2 is 2.38 bits per heavy atom. The lowest BCUT2D eigenvalue weighted by molar-refractivity contribution is 0.0411. The Bertz CT molecular complexity index is 502. The molecule has 1 fully saturated rings. The van der Waals surface area contributed by atoms with Gasteiger partial charge < -0.3 is 20.6 Å². The molecule has 1 aromatic carbocycles. The third-order valence-corrected chi connectivity index (χ3v) is 4.07. The van der Waals surface area contributed by atoms with Crippen LogP contribution in [0.3, 0.4) is 0 Å². The van der Waals surface area contributed by atoms with Crippen molar-refractivity contribution in [2.45, 2.75) is 19.4 Å². The first-order valence-corrected chi connectivity index (χ1v) is 7.50. The van der Waals surface area contributed by atoms with Gasteiger partial charge in [0.25, 0.3) is 0 Å². The summed E-state index contributed by atoms with van der Waals surface area (Å²) >= 11 is 6.27. The van der Waals surface area contributed by atoms with Crippen molar-refractivity contribution in [2.75, 3.05) is 26.8 Å². The van der Waals surface area contributed by atoms with Crippen LogP contribution in [0.4, 0.5) is 0 Å². The van der Waals surface area contributed by atoms with Gasteiger partial charge in [-0.15, -0.1) is 0 Å². The summed E-state index contributed by atoms with van der Waals surface area (Å²) in [7, 11) is 2.09. The van der Waals surface area contributed by atoms with Crippen LogP contribution >= 0.6 is 11.6 Å². The molecule has 1 aliphatic rings. The van der Waals surface area contributed by atoms with Crippen LogP contribution in [-0.4, -0.2) is 42.7 Å². The number of hydrogen-bond donors (Lipinski definition) is 2. The minimum absolute atomic E-state index is 0.0659. The molecule has 0 aliphatic carbocycles. The SMILES string of the molecule is CN(Cc1ccc(/C(N)=N/O)cc1Cl)CC1CCCOC1.